The van der Waals surface area contributed by atoms with Gasteiger partial charge in [-0.3, -0.25) is 4.79 Å². The molecule has 0 spiro atoms. The van der Waals surface area contributed by atoms with E-state index in [1.54, 1.807) is 0 Å². The number of fused-ring (bicyclic) bond motifs is 1. The fourth-order valence-corrected chi connectivity index (χ4v) is 2.61. The molecule has 0 N–H and O–H groups in total. The molecule has 0 aliphatic carbocycles. The van der Waals surface area contributed by atoms with Crippen LogP contribution in [0, 0.1) is 0 Å². The van der Waals surface area contributed by atoms with Gasteiger partial charge in [-0.1, -0.05) is 49.4 Å². The Morgan fingerprint density at radius 1 is 1.16 bits per heavy atom. The van der Waals surface area contributed by atoms with Crippen molar-refractivity contribution in [3.05, 3.63) is 65.2 Å². The standard InChI is InChI=1S/C17H16O2/c1-2-12-8-9-16-15(10-12)14(11-17(18)19-16)13-6-4-3-5-7-13/h3-10,14H,2,11H2,1H3/t14-/m1/s1. The van der Waals surface area contributed by atoms with Crippen molar-refractivity contribution < 1.29 is 9.53 Å². The van der Waals surface area contributed by atoms with Crippen molar-refractivity contribution >= 4 is 5.97 Å². The van der Waals surface area contributed by atoms with Gasteiger partial charge < -0.3 is 4.74 Å². The molecular weight excluding hydrogens is 236 g/mol. The second-order valence-electron chi connectivity index (χ2n) is 4.87. The summed E-state index contributed by atoms with van der Waals surface area (Å²) in [5.74, 6) is 0.678. The van der Waals surface area contributed by atoms with E-state index >= 15 is 0 Å². The molecule has 0 amide bonds. The molecule has 0 radical (unpaired) electrons. The van der Waals surface area contributed by atoms with Gasteiger partial charge in [-0.25, -0.2) is 0 Å². The summed E-state index contributed by atoms with van der Waals surface area (Å²) < 4.78 is 5.34. The van der Waals surface area contributed by atoms with E-state index in [9.17, 15) is 4.79 Å². The summed E-state index contributed by atoms with van der Waals surface area (Å²) in [7, 11) is 0. The largest absolute Gasteiger partial charge is 0.426 e. The van der Waals surface area contributed by atoms with E-state index in [0.717, 1.165) is 12.0 Å². The maximum Gasteiger partial charge on any atom is 0.312 e. The third-order valence-corrected chi connectivity index (χ3v) is 3.65. The van der Waals surface area contributed by atoms with Crippen LogP contribution in [0.25, 0.3) is 0 Å². The van der Waals surface area contributed by atoms with Crippen molar-refractivity contribution in [1.29, 1.82) is 0 Å². The number of ether oxygens (including phenoxy) is 1. The van der Waals surface area contributed by atoms with E-state index in [4.69, 9.17) is 4.74 Å². The van der Waals surface area contributed by atoms with E-state index in [1.165, 1.54) is 11.1 Å². The van der Waals surface area contributed by atoms with E-state index in [2.05, 4.69) is 25.1 Å². The molecule has 3 rings (SSSR count). The van der Waals surface area contributed by atoms with Crippen LogP contribution in [-0.2, 0) is 11.2 Å². The average Bonchev–Trinajstić information content (AvgIpc) is 2.47. The Bertz CT molecular complexity index is 602. The van der Waals surface area contributed by atoms with Crippen LogP contribution >= 0.6 is 0 Å². The molecule has 0 saturated carbocycles. The predicted molar refractivity (Wildman–Crippen MR) is 74.4 cm³/mol. The molecule has 2 heteroatoms. The Balaban J connectivity index is 2.10. The highest BCUT2D eigenvalue weighted by Gasteiger charge is 2.28. The van der Waals surface area contributed by atoms with Gasteiger partial charge in [0.15, 0.2) is 0 Å². The summed E-state index contributed by atoms with van der Waals surface area (Å²) in [6.45, 7) is 2.13. The van der Waals surface area contributed by atoms with Gasteiger partial charge >= 0.3 is 5.97 Å². The van der Waals surface area contributed by atoms with Crippen molar-refractivity contribution in [2.75, 3.05) is 0 Å². The molecule has 19 heavy (non-hydrogen) atoms. The number of benzene rings is 2. The van der Waals surface area contributed by atoms with Crippen molar-refractivity contribution in [2.45, 2.75) is 25.7 Å². The molecule has 2 nitrogen and oxygen atoms in total. The number of carbonyl (C=O) groups is 1. The zero-order valence-electron chi connectivity index (χ0n) is 10.9. The smallest absolute Gasteiger partial charge is 0.312 e. The zero-order valence-corrected chi connectivity index (χ0v) is 10.9. The lowest BCUT2D eigenvalue weighted by atomic mass is 9.85. The van der Waals surface area contributed by atoms with Crippen molar-refractivity contribution in [1.82, 2.24) is 0 Å². The first-order valence-electron chi connectivity index (χ1n) is 6.66. The lowest BCUT2D eigenvalue weighted by molar-refractivity contribution is -0.135. The third kappa shape index (κ3) is 2.26. The molecule has 2 aromatic rings. The first-order chi connectivity index (χ1) is 9.28. The van der Waals surface area contributed by atoms with Crippen LogP contribution in [0.5, 0.6) is 5.75 Å². The molecule has 1 atom stereocenters. The molecule has 0 fully saturated rings. The summed E-state index contributed by atoms with van der Waals surface area (Å²) in [4.78, 5) is 11.7. The minimum absolute atomic E-state index is 0.115. The van der Waals surface area contributed by atoms with E-state index in [0.29, 0.717) is 12.2 Å². The predicted octanol–water partition coefficient (Wildman–Crippen LogP) is 3.69. The van der Waals surface area contributed by atoms with E-state index in [-0.39, 0.29) is 11.9 Å². The van der Waals surface area contributed by atoms with Crippen LogP contribution in [0.15, 0.2) is 48.5 Å². The minimum Gasteiger partial charge on any atom is -0.426 e. The molecular formula is C17H16O2. The van der Waals surface area contributed by atoms with Gasteiger partial charge in [-0.2, -0.15) is 0 Å². The second kappa shape index (κ2) is 4.88. The summed E-state index contributed by atoms with van der Waals surface area (Å²) in [5, 5.41) is 0. The molecule has 96 valence electrons. The molecule has 0 unspecified atom stereocenters. The highest BCUT2D eigenvalue weighted by Crippen LogP contribution is 2.39. The monoisotopic (exact) mass is 252 g/mol. The van der Waals surface area contributed by atoms with Crippen LogP contribution in [0.3, 0.4) is 0 Å². The van der Waals surface area contributed by atoms with Gasteiger partial charge in [-0.15, -0.1) is 0 Å². The summed E-state index contributed by atoms with van der Waals surface area (Å²) >= 11 is 0. The maximum atomic E-state index is 11.7. The number of rotatable bonds is 2. The fourth-order valence-electron chi connectivity index (χ4n) is 2.61. The third-order valence-electron chi connectivity index (χ3n) is 3.65. The maximum absolute atomic E-state index is 11.7. The van der Waals surface area contributed by atoms with Gasteiger partial charge in [0, 0.05) is 11.5 Å². The Labute approximate surface area is 113 Å². The van der Waals surface area contributed by atoms with Crippen LogP contribution in [-0.4, -0.2) is 5.97 Å². The SMILES string of the molecule is CCc1ccc2c(c1)[C@@H](c1ccccc1)CC(=O)O2. The quantitative estimate of drug-likeness (QED) is 0.602. The van der Waals surface area contributed by atoms with E-state index in [1.807, 2.05) is 30.3 Å². The van der Waals surface area contributed by atoms with Gasteiger partial charge in [-0.05, 0) is 23.6 Å². The van der Waals surface area contributed by atoms with Gasteiger partial charge in [0.05, 0.1) is 6.42 Å². The van der Waals surface area contributed by atoms with Gasteiger partial charge in [0.25, 0.3) is 0 Å². The molecule has 1 heterocycles. The van der Waals surface area contributed by atoms with Crippen molar-refractivity contribution in [3.63, 3.8) is 0 Å². The Morgan fingerprint density at radius 3 is 2.68 bits per heavy atom. The lowest BCUT2D eigenvalue weighted by Gasteiger charge is -2.25. The highest BCUT2D eigenvalue weighted by atomic mass is 16.5. The van der Waals surface area contributed by atoms with Crippen molar-refractivity contribution in [3.8, 4) is 5.75 Å². The Kier molecular flexibility index (Phi) is 3.08. The first-order valence-corrected chi connectivity index (χ1v) is 6.66. The molecule has 2 aromatic carbocycles. The van der Waals surface area contributed by atoms with Crippen LogP contribution < -0.4 is 4.74 Å². The van der Waals surface area contributed by atoms with Gasteiger partial charge in [0.1, 0.15) is 5.75 Å². The molecule has 1 aliphatic heterocycles. The normalized spacial score (nSPS) is 17.7. The Morgan fingerprint density at radius 2 is 1.95 bits per heavy atom. The van der Waals surface area contributed by atoms with Crippen LogP contribution in [0.1, 0.15) is 36.0 Å². The molecule has 0 saturated heterocycles. The highest BCUT2D eigenvalue weighted by molar-refractivity contribution is 5.77. The average molecular weight is 252 g/mol. The van der Waals surface area contributed by atoms with Gasteiger partial charge in [0.2, 0.25) is 0 Å². The van der Waals surface area contributed by atoms with Crippen LogP contribution in [0.2, 0.25) is 0 Å². The topological polar surface area (TPSA) is 26.3 Å². The fraction of sp³-hybridized carbons (Fsp3) is 0.235. The molecule has 1 aliphatic rings. The molecule has 0 aromatic heterocycles. The van der Waals surface area contributed by atoms with Crippen LogP contribution in [0.4, 0.5) is 0 Å². The van der Waals surface area contributed by atoms with Crippen molar-refractivity contribution in [2.24, 2.45) is 0 Å². The molecule has 0 bridgehead atoms. The second-order valence-corrected chi connectivity index (χ2v) is 4.87. The number of aryl methyl sites for hydroxylation is 1. The summed E-state index contributed by atoms with van der Waals surface area (Å²) in [6.07, 6.45) is 1.41. The summed E-state index contributed by atoms with van der Waals surface area (Å²) in [6, 6.07) is 16.3. The van der Waals surface area contributed by atoms with E-state index < -0.39 is 0 Å². The number of hydrogen-bond acceptors (Lipinski definition) is 2. The lowest BCUT2D eigenvalue weighted by Crippen LogP contribution is -2.21. The Hall–Kier alpha value is -2.09. The summed E-state index contributed by atoms with van der Waals surface area (Å²) in [5.41, 5.74) is 3.58. The number of hydrogen-bond donors (Lipinski definition) is 0. The zero-order chi connectivity index (χ0) is 13.2. The minimum atomic E-state index is -0.148. The first kappa shape index (κ1) is 12.0. The number of esters is 1. The number of carbonyl (C=O) groups excluding carboxylic acids is 1.